The van der Waals surface area contributed by atoms with Crippen LogP contribution < -0.4 is 5.32 Å². The van der Waals surface area contributed by atoms with E-state index in [-0.39, 0.29) is 16.8 Å². The number of benzene rings is 1. The summed E-state index contributed by atoms with van der Waals surface area (Å²) in [6.07, 6.45) is 1.72. The van der Waals surface area contributed by atoms with Crippen molar-refractivity contribution in [2.24, 2.45) is 0 Å². The minimum absolute atomic E-state index is 0.277. The highest BCUT2D eigenvalue weighted by atomic mass is 32.2. The maximum atomic E-state index is 12.3. The van der Waals surface area contributed by atoms with E-state index in [1.165, 1.54) is 0 Å². The zero-order chi connectivity index (χ0) is 17.0. The number of carboxylic acid groups (broad SMARTS) is 1. The van der Waals surface area contributed by atoms with Crippen molar-refractivity contribution in [3.63, 3.8) is 0 Å². The minimum Gasteiger partial charge on any atom is -0.480 e. The summed E-state index contributed by atoms with van der Waals surface area (Å²) in [7, 11) is 0. The molecule has 2 rings (SSSR count). The van der Waals surface area contributed by atoms with Crippen LogP contribution in [0.2, 0.25) is 0 Å². The molecule has 23 heavy (non-hydrogen) atoms. The number of hydrogen-bond donors (Lipinski definition) is 2. The first-order chi connectivity index (χ1) is 10.9. The Balaban J connectivity index is 2.06. The third kappa shape index (κ3) is 4.64. The van der Waals surface area contributed by atoms with E-state index in [0.717, 1.165) is 27.8 Å². The molecule has 0 unspecified atom stereocenters. The number of carbonyl (C=O) groups is 3. The van der Waals surface area contributed by atoms with Gasteiger partial charge in [0, 0.05) is 0 Å². The van der Waals surface area contributed by atoms with Gasteiger partial charge >= 0.3 is 5.97 Å². The van der Waals surface area contributed by atoms with Gasteiger partial charge in [0.05, 0.1) is 4.91 Å². The predicted molar refractivity (Wildman–Crippen MR) is 91.7 cm³/mol. The van der Waals surface area contributed by atoms with E-state index in [9.17, 15) is 14.4 Å². The van der Waals surface area contributed by atoms with Gasteiger partial charge in [0.15, 0.2) is 0 Å². The lowest BCUT2D eigenvalue weighted by atomic mass is 10.1. The third-order valence-corrected chi connectivity index (χ3v) is 4.36. The Morgan fingerprint density at radius 2 is 2.00 bits per heavy atom. The molecule has 8 heteroatoms. The number of nitrogens with zero attached hydrogens (tertiary/aromatic N) is 1. The first-order valence-corrected chi connectivity index (χ1v) is 7.90. The number of aliphatic carboxylic acids is 1. The maximum Gasteiger partial charge on any atom is 0.322 e. The molecule has 120 valence electrons. The first kappa shape index (κ1) is 17.2. The van der Waals surface area contributed by atoms with Gasteiger partial charge in [-0.05, 0) is 18.6 Å². The summed E-state index contributed by atoms with van der Waals surface area (Å²) in [4.78, 5) is 36.0. The molecule has 1 aliphatic rings. The smallest absolute Gasteiger partial charge is 0.322 e. The second kappa shape index (κ2) is 7.38. The van der Waals surface area contributed by atoms with Gasteiger partial charge in [-0.3, -0.25) is 19.3 Å². The van der Waals surface area contributed by atoms with Crippen LogP contribution in [0.25, 0.3) is 6.08 Å². The fourth-order valence-corrected chi connectivity index (χ4v) is 3.08. The third-order valence-electron chi connectivity index (χ3n) is 2.99. The summed E-state index contributed by atoms with van der Waals surface area (Å²) in [5, 5.41) is 10.7. The molecule has 0 bridgehead atoms. The van der Waals surface area contributed by atoms with Gasteiger partial charge in [0.2, 0.25) is 5.91 Å². The van der Waals surface area contributed by atoms with E-state index in [1.807, 2.05) is 31.2 Å². The summed E-state index contributed by atoms with van der Waals surface area (Å²) in [6, 6.07) is 7.65. The van der Waals surface area contributed by atoms with Gasteiger partial charge in [0.25, 0.3) is 5.91 Å². The Kier molecular flexibility index (Phi) is 5.51. The van der Waals surface area contributed by atoms with Crippen molar-refractivity contribution < 1.29 is 19.5 Å². The number of amides is 2. The normalized spacial score (nSPS) is 16.0. The monoisotopic (exact) mass is 350 g/mol. The van der Waals surface area contributed by atoms with E-state index in [0.29, 0.717) is 4.91 Å². The fourth-order valence-electron chi connectivity index (χ4n) is 1.82. The highest BCUT2D eigenvalue weighted by Gasteiger charge is 2.33. The molecule has 6 nitrogen and oxygen atoms in total. The molecule has 1 aromatic rings. The molecule has 2 amide bonds. The zero-order valence-corrected chi connectivity index (χ0v) is 13.9. The van der Waals surface area contributed by atoms with Gasteiger partial charge in [-0.2, -0.15) is 0 Å². The van der Waals surface area contributed by atoms with Gasteiger partial charge in [0.1, 0.15) is 17.4 Å². The van der Waals surface area contributed by atoms with Crippen LogP contribution in [0.5, 0.6) is 0 Å². The average Bonchev–Trinajstić information content (AvgIpc) is 2.75. The Bertz CT molecular complexity index is 698. The topological polar surface area (TPSA) is 86.7 Å². The molecule has 1 aliphatic heterocycles. The summed E-state index contributed by atoms with van der Waals surface area (Å²) >= 11 is 6.24. The Hall–Kier alpha value is -2.19. The summed E-state index contributed by atoms with van der Waals surface area (Å²) in [5.41, 5.74) is 1.98. The minimum atomic E-state index is -1.15. The molecular weight excluding hydrogens is 336 g/mol. The molecule has 0 atom stereocenters. The Labute approximate surface area is 142 Å². The Morgan fingerprint density at radius 3 is 2.61 bits per heavy atom. The summed E-state index contributed by atoms with van der Waals surface area (Å²) < 4.78 is 0.277. The van der Waals surface area contributed by atoms with Crippen molar-refractivity contribution in [1.29, 1.82) is 0 Å². The first-order valence-electron chi connectivity index (χ1n) is 6.67. The molecule has 1 heterocycles. The number of hydrogen-bond acceptors (Lipinski definition) is 5. The van der Waals surface area contributed by atoms with Crippen LogP contribution in [0.4, 0.5) is 0 Å². The molecule has 0 spiro atoms. The van der Waals surface area contributed by atoms with Crippen molar-refractivity contribution in [1.82, 2.24) is 10.2 Å². The molecule has 1 fully saturated rings. The largest absolute Gasteiger partial charge is 0.480 e. The highest BCUT2D eigenvalue weighted by molar-refractivity contribution is 8.26. The van der Waals surface area contributed by atoms with Crippen LogP contribution in [0.15, 0.2) is 29.2 Å². The van der Waals surface area contributed by atoms with Gasteiger partial charge in [-0.15, -0.1) is 0 Å². The number of carboxylic acids is 1. The maximum absolute atomic E-state index is 12.3. The predicted octanol–water partition coefficient (Wildman–Crippen LogP) is 1.40. The zero-order valence-electron chi connectivity index (χ0n) is 12.2. The summed E-state index contributed by atoms with van der Waals surface area (Å²) in [5.74, 6) is -2.07. The molecule has 1 saturated heterocycles. The molecule has 2 N–H and O–H groups in total. The fraction of sp³-hybridized carbons (Fsp3) is 0.200. The molecule has 0 aromatic heterocycles. The lowest BCUT2D eigenvalue weighted by Gasteiger charge is -2.13. The number of thioether (sulfide) groups is 1. The van der Waals surface area contributed by atoms with Crippen molar-refractivity contribution in [2.45, 2.75) is 6.92 Å². The lowest BCUT2D eigenvalue weighted by Crippen LogP contribution is -2.41. The number of nitrogens with one attached hydrogen (secondary N) is 1. The van der Waals surface area contributed by atoms with Crippen LogP contribution in [0.1, 0.15) is 11.1 Å². The van der Waals surface area contributed by atoms with Gasteiger partial charge < -0.3 is 10.4 Å². The van der Waals surface area contributed by atoms with Crippen LogP contribution in [0, 0.1) is 6.92 Å². The van der Waals surface area contributed by atoms with Gasteiger partial charge in [-0.1, -0.05) is 53.8 Å². The van der Waals surface area contributed by atoms with Crippen molar-refractivity contribution in [3.05, 3.63) is 40.3 Å². The Morgan fingerprint density at radius 1 is 1.35 bits per heavy atom. The van der Waals surface area contributed by atoms with E-state index in [2.05, 4.69) is 5.32 Å². The molecule has 0 radical (unpaired) electrons. The SMILES string of the molecule is Cc1ccc(/C=C2/SC(=S)N(CC(=O)NCC(=O)O)C2=O)cc1. The van der Waals surface area contributed by atoms with Crippen LogP contribution >= 0.6 is 24.0 Å². The average molecular weight is 350 g/mol. The number of aryl methyl sites for hydroxylation is 1. The number of rotatable bonds is 5. The van der Waals surface area contributed by atoms with E-state index in [4.69, 9.17) is 17.3 Å². The van der Waals surface area contributed by atoms with Gasteiger partial charge in [-0.25, -0.2) is 0 Å². The van der Waals surface area contributed by atoms with Crippen molar-refractivity contribution in [3.8, 4) is 0 Å². The quantitative estimate of drug-likeness (QED) is 0.617. The number of carbonyl (C=O) groups excluding carboxylic acids is 2. The second-order valence-corrected chi connectivity index (χ2v) is 6.52. The van der Waals surface area contributed by atoms with Crippen LogP contribution in [0.3, 0.4) is 0 Å². The second-order valence-electron chi connectivity index (χ2n) is 4.85. The summed E-state index contributed by atoms with van der Waals surface area (Å²) in [6.45, 7) is 1.19. The van der Waals surface area contributed by atoms with Crippen LogP contribution in [-0.4, -0.2) is 45.2 Å². The molecule has 0 aliphatic carbocycles. The molecule has 0 saturated carbocycles. The molecule has 1 aromatic carbocycles. The number of thiocarbonyl (C=S) groups is 1. The van der Waals surface area contributed by atoms with Crippen molar-refractivity contribution in [2.75, 3.05) is 13.1 Å². The van der Waals surface area contributed by atoms with Crippen LogP contribution in [-0.2, 0) is 14.4 Å². The standard InChI is InChI=1S/C15H14N2O4S2/c1-9-2-4-10(5-3-9)6-11-14(21)17(15(22)23-11)8-12(18)16-7-13(19)20/h2-6H,7-8H2,1H3,(H,16,18)(H,19,20)/b11-6+. The lowest BCUT2D eigenvalue weighted by molar-refractivity contribution is -0.138. The van der Waals surface area contributed by atoms with E-state index < -0.39 is 18.4 Å². The highest BCUT2D eigenvalue weighted by Crippen LogP contribution is 2.32. The molecular formula is C15H14N2O4S2. The van der Waals surface area contributed by atoms with Crippen molar-refractivity contribution >= 4 is 52.2 Å². The van der Waals surface area contributed by atoms with E-state index in [1.54, 1.807) is 6.08 Å². The van der Waals surface area contributed by atoms with E-state index >= 15 is 0 Å².